The van der Waals surface area contributed by atoms with Crippen LogP contribution in [0.1, 0.15) is 147 Å². The summed E-state index contributed by atoms with van der Waals surface area (Å²) in [5, 5.41) is 0. The molecule has 8 saturated carbocycles. The van der Waals surface area contributed by atoms with E-state index in [1.165, 1.54) is 23.7 Å². The normalized spacial score (nSPS) is 51.6. The van der Waals surface area contributed by atoms with Crippen molar-refractivity contribution in [2.45, 2.75) is 190 Å². The molecule has 10 aliphatic rings. The molecule has 0 N–H and O–H groups in total. The molecule has 0 aromatic carbocycles. The molecule has 0 aromatic heterocycles. The number of hydrogen-bond acceptors (Lipinski definition) is 0. The van der Waals surface area contributed by atoms with Crippen molar-refractivity contribution in [3.63, 3.8) is 0 Å². The van der Waals surface area contributed by atoms with Gasteiger partial charge in [0.15, 0.2) is 0 Å². The molecule has 2 saturated heterocycles. The molecule has 0 amide bonds. The first-order chi connectivity index (χ1) is 19.7. The summed E-state index contributed by atoms with van der Waals surface area (Å²) in [7, 11) is -6.29. The summed E-state index contributed by atoms with van der Waals surface area (Å²) in [6.45, 7) is 34.5. The lowest BCUT2D eigenvalue weighted by Crippen LogP contribution is -2.72. The molecule has 2 aliphatic heterocycles. The summed E-state index contributed by atoms with van der Waals surface area (Å²) in [5.41, 5.74) is 6.10. The Kier molecular flexibility index (Phi) is 6.37. The predicted octanol–water partition coefficient (Wildman–Crippen LogP) is 12.0. The molecule has 0 aromatic rings. The van der Waals surface area contributed by atoms with Crippen molar-refractivity contribution >= 4 is 29.4 Å². The van der Waals surface area contributed by atoms with Gasteiger partial charge in [0, 0.05) is 14.2 Å². The van der Waals surface area contributed by atoms with Gasteiger partial charge in [-0.25, -0.2) is 0 Å². The Bertz CT molecular complexity index is 928. The number of hydrogen-bond donors (Lipinski definition) is 0. The van der Waals surface area contributed by atoms with Gasteiger partial charge in [-0.2, -0.15) is 0 Å². The summed E-state index contributed by atoms with van der Waals surface area (Å²) < 4.78 is 2.05. The van der Waals surface area contributed by atoms with Gasteiger partial charge >= 0.3 is 0 Å². The van der Waals surface area contributed by atoms with E-state index < -0.39 is 29.4 Å². The first kappa shape index (κ1) is 30.2. The highest BCUT2D eigenvalue weighted by molar-refractivity contribution is 8.12. The van der Waals surface area contributed by atoms with Crippen LogP contribution in [0.5, 0.6) is 0 Å². The second kappa shape index (κ2) is 8.85. The molecule has 10 fully saturated rings. The highest BCUT2D eigenvalue weighted by atomic mass is 29.9. The molecule has 8 bridgehead atoms. The van der Waals surface area contributed by atoms with Crippen molar-refractivity contribution in [1.29, 1.82) is 0 Å². The van der Waals surface area contributed by atoms with E-state index in [9.17, 15) is 0 Å². The molecule has 10 rings (SSSR count). The maximum absolute atomic E-state index is 2.88. The Hall–Kier alpha value is 0.868. The topological polar surface area (TPSA) is 0 Å². The van der Waals surface area contributed by atoms with Crippen molar-refractivity contribution in [3.8, 4) is 0 Å². The fraction of sp³-hybridized carbons (Fsp3) is 1.00. The van der Waals surface area contributed by atoms with E-state index >= 15 is 0 Å². The largest absolute Gasteiger partial charge is 0.0654 e. The van der Waals surface area contributed by atoms with Crippen LogP contribution < -0.4 is 0 Å². The lowest BCUT2D eigenvalue weighted by atomic mass is 9.54. The summed E-state index contributed by atoms with van der Waals surface area (Å²) >= 11 is 0. The van der Waals surface area contributed by atoms with Crippen LogP contribution in [0.25, 0.3) is 0 Å². The van der Waals surface area contributed by atoms with Crippen LogP contribution in [0.2, 0.25) is 42.6 Å². The average molecular weight is 639 g/mol. The maximum Gasteiger partial charge on any atom is 0.0531 e. The lowest BCUT2D eigenvalue weighted by Gasteiger charge is -2.73. The lowest BCUT2D eigenvalue weighted by molar-refractivity contribution is -0.0226. The fourth-order valence-corrected chi connectivity index (χ4v) is 166. The molecule has 8 aliphatic carbocycles. The monoisotopic (exact) mass is 638 g/mol. The third-order valence-corrected chi connectivity index (χ3v) is 95.5. The third-order valence-electron chi connectivity index (χ3n) is 18.8. The first-order valence-corrected chi connectivity index (χ1v) is 31.2. The molecule has 0 unspecified atom stereocenters. The van der Waals surface area contributed by atoms with Crippen LogP contribution in [-0.4, -0.2) is 29.4 Å². The van der Waals surface area contributed by atoms with Crippen molar-refractivity contribution in [1.82, 2.24) is 0 Å². The summed E-state index contributed by atoms with van der Waals surface area (Å²) in [6.07, 6.45) is 17.1. The van der Waals surface area contributed by atoms with E-state index in [1.807, 2.05) is 0 Å². The molecule has 0 nitrogen and oxygen atoms in total. The number of rotatable bonds is 8. The maximum atomic E-state index is 2.88. The van der Waals surface area contributed by atoms with Crippen molar-refractivity contribution < 1.29 is 0 Å². The van der Waals surface area contributed by atoms with Crippen LogP contribution in [0.3, 0.4) is 0 Å². The van der Waals surface area contributed by atoms with Gasteiger partial charge in [0.1, 0.15) is 0 Å². The minimum absolute atomic E-state index is 1.02. The summed E-state index contributed by atoms with van der Waals surface area (Å²) in [5.74, 6) is 9.47. The van der Waals surface area contributed by atoms with Crippen molar-refractivity contribution in [2.24, 2.45) is 47.3 Å². The van der Waals surface area contributed by atoms with E-state index in [-0.39, 0.29) is 0 Å². The molecule has 42 heavy (non-hydrogen) atoms. The molecule has 2 heterocycles. The molecule has 238 valence electrons. The van der Waals surface area contributed by atoms with Gasteiger partial charge in [0.25, 0.3) is 0 Å². The van der Waals surface area contributed by atoms with Crippen LogP contribution in [0, 0.1) is 47.3 Å². The molecule has 0 atom stereocenters. The SMILES string of the molecule is CC(C)[Si](C(C)C)(C(C)C)[Si]12C3(C4CC5CC(C4)CC3C5)[Si]1([Si](C(C)C)(C(C)C)C(C)C)C21C2CC3CC(C2)CC1C3. The zero-order valence-electron chi connectivity index (χ0n) is 30.2. The van der Waals surface area contributed by atoms with Crippen LogP contribution in [0.15, 0.2) is 0 Å². The van der Waals surface area contributed by atoms with Gasteiger partial charge < -0.3 is 0 Å². The van der Waals surface area contributed by atoms with Gasteiger partial charge in [-0.1, -0.05) is 116 Å². The van der Waals surface area contributed by atoms with E-state index in [4.69, 9.17) is 0 Å². The first-order valence-electron chi connectivity index (χ1n) is 19.7. The molecular formula is C38H70Si4. The van der Waals surface area contributed by atoms with Gasteiger partial charge in [0.2, 0.25) is 0 Å². The standard InChI is InChI=1S/C38H70Si4/c1-23(2)39(24(3)4,25(5)6)41-37(33-15-29-13-30(17-33)18-34(37)16-29)42(41,40(26(7)8,27(9)10)28(11)12)38(41)35-19-31-14-32(21-35)22-36(38)20-31/h23-36H,13-22H2,1-12H3. The fourth-order valence-electron chi connectivity index (χ4n) is 20.8. The van der Waals surface area contributed by atoms with Gasteiger partial charge in [-0.05, 0) is 121 Å². The summed E-state index contributed by atoms with van der Waals surface area (Å²) in [6, 6.07) is 0. The molecule has 2 spiro atoms. The number of fused-ring (bicyclic) bond motifs is 1. The Morgan fingerprint density at radius 2 is 0.548 bits per heavy atom. The van der Waals surface area contributed by atoms with Gasteiger partial charge in [-0.3, -0.25) is 0 Å². The highest BCUT2D eigenvalue weighted by Crippen LogP contribution is 3.13. The van der Waals surface area contributed by atoms with Crippen molar-refractivity contribution in [2.75, 3.05) is 0 Å². The van der Waals surface area contributed by atoms with Crippen LogP contribution >= 0.6 is 0 Å². The Labute approximate surface area is 265 Å². The third kappa shape index (κ3) is 2.54. The molecular weight excluding hydrogens is 569 g/mol. The zero-order chi connectivity index (χ0) is 30.2. The highest BCUT2D eigenvalue weighted by Gasteiger charge is 3.22. The quantitative estimate of drug-likeness (QED) is 0.232. The second-order valence-electron chi connectivity index (χ2n) is 20.6. The average Bonchev–Trinajstić information content (AvgIpc) is 3.63. The Morgan fingerprint density at radius 1 is 0.357 bits per heavy atom. The Morgan fingerprint density at radius 3 is 0.714 bits per heavy atom. The van der Waals surface area contributed by atoms with Crippen LogP contribution in [0.4, 0.5) is 0 Å². The Balaban J connectivity index is 1.52. The van der Waals surface area contributed by atoms with E-state index in [1.54, 1.807) is 64.2 Å². The summed E-state index contributed by atoms with van der Waals surface area (Å²) in [4.78, 5) is 0. The second-order valence-corrected chi connectivity index (χ2v) is 55.8. The minimum Gasteiger partial charge on any atom is -0.0654 e. The van der Waals surface area contributed by atoms with Crippen LogP contribution in [-0.2, 0) is 0 Å². The minimum atomic E-state index is -1.59. The van der Waals surface area contributed by atoms with E-state index in [2.05, 4.69) is 83.1 Å². The van der Waals surface area contributed by atoms with E-state index in [0.29, 0.717) is 0 Å². The van der Waals surface area contributed by atoms with E-state index in [0.717, 1.165) is 66.2 Å². The smallest absolute Gasteiger partial charge is 0.0531 e. The van der Waals surface area contributed by atoms with Gasteiger partial charge in [-0.15, -0.1) is 0 Å². The predicted molar refractivity (Wildman–Crippen MR) is 193 cm³/mol. The molecule has 0 radical (unpaired) electrons. The van der Waals surface area contributed by atoms with Gasteiger partial charge in [0.05, 0.1) is 15.2 Å². The zero-order valence-corrected chi connectivity index (χ0v) is 34.2. The van der Waals surface area contributed by atoms with Crippen molar-refractivity contribution in [3.05, 3.63) is 0 Å². The molecule has 4 heteroatoms.